The number of esters is 1. The Hall–Kier alpha value is -2.65. The molecular weight excluding hydrogens is 332 g/mol. The van der Waals surface area contributed by atoms with Gasteiger partial charge in [-0.05, 0) is 12.5 Å². The molecule has 0 aromatic heterocycles. The number of carbonyl (C=O) groups excluding carboxylic acids is 3. The van der Waals surface area contributed by atoms with E-state index in [1.54, 1.807) is 24.3 Å². The van der Waals surface area contributed by atoms with Gasteiger partial charge < -0.3 is 30.3 Å². The summed E-state index contributed by atoms with van der Waals surface area (Å²) in [7, 11) is 1.10. The van der Waals surface area contributed by atoms with Crippen LogP contribution >= 0.6 is 0 Å². The summed E-state index contributed by atoms with van der Waals surface area (Å²) in [6, 6.07) is 6.22. The number of nitrogens with one attached hydrogen (secondary N) is 2. The Bertz CT molecular complexity index is 577. The lowest BCUT2D eigenvalue weighted by molar-refractivity contribution is -0.146. The zero-order valence-corrected chi connectivity index (χ0v) is 14.0. The molecule has 0 aliphatic heterocycles. The fourth-order valence-electron chi connectivity index (χ4n) is 1.88. The fraction of sp³-hybridized carbons (Fsp3) is 0.438. The summed E-state index contributed by atoms with van der Waals surface area (Å²) in [5, 5.41) is 23.2. The van der Waals surface area contributed by atoms with Gasteiger partial charge in [-0.3, -0.25) is 4.79 Å². The van der Waals surface area contributed by atoms with Crippen molar-refractivity contribution in [2.24, 2.45) is 0 Å². The Balaban J connectivity index is 2.61. The van der Waals surface area contributed by atoms with E-state index in [-0.39, 0.29) is 6.61 Å². The number of benzene rings is 1. The molecule has 1 aromatic carbocycles. The second-order valence-corrected chi connectivity index (χ2v) is 5.19. The fourth-order valence-corrected chi connectivity index (χ4v) is 1.88. The van der Waals surface area contributed by atoms with Gasteiger partial charge in [0, 0.05) is 0 Å². The number of aliphatic hydroxyl groups is 2. The molecule has 0 spiro atoms. The van der Waals surface area contributed by atoms with Crippen molar-refractivity contribution < 1.29 is 34.1 Å². The molecule has 0 aliphatic rings. The predicted octanol–water partition coefficient (Wildman–Crippen LogP) is -0.688. The molecule has 1 aromatic rings. The van der Waals surface area contributed by atoms with Crippen LogP contribution in [0.1, 0.15) is 12.5 Å². The van der Waals surface area contributed by atoms with Gasteiger partial charge >= 0.3 is 12.1 Å². The number of hydrogen-bond donors (Lipinski definition) is 4. The maximum absolute atomic E-state index is 12.1. The summed E-state index contributed by atoms with van der Waals surface area (Å²) in [6.45, 7) is 0.583. The predicted molar refractivity (Wildman–Crippen MR) is 86.3 cm³/mol. The van der Waals surface area contributed by atoms with Crippen molar-refractivity contribution in [2.45, 2.75) is 31.7 Å². The second kappa shape index (κ2) is 10.3. The highest BCUT2D eigenvalue weighted by Gasteiger charge is 2.30. The van der Waals surface area contributed by atoms with Crippen LogP contribution in [0.25, 0.3) is 0 Å². The first kappa shape index (κ1) is 20.4. The molecule has 1 rings (SSSR count). The molecule has 0 fully saturated rings. The average Bonchev–Trinajstić information content (AvgIpc) is 2.62. The highest BCUT2D eigenvalue weighted by molar-refractivity contribution is 5.90. The first-order chi connectivity index (χ1) is 11.9. The summed E-state index contributed by atoms with van der Waals surface area (Å²) in [6.07, 6.45) is -2.18. The SMILES string of the molecule is COC(=O)[C@H](CO)NC(=O)[C@H](NC(=O)OCc1ccccc1)[C@H](C)O. The minimum atomic E-state index is -1.37. The maximum atomic E-state index is 12.1. The molecule has 2 amide bonds. The van der Waals surface area contributed by atoms with Gasteiger partial charge in [-0.1, -0.05) is 30.3 Å². The van der Waals surface area contributed by atoms with Crippen LogP contribution in [0.15, 0.2) is 30.3 Å². The van der Waals surface area contributed by atoms with E-state index < -0.39 is 42.8 Å². The summed E-state index contributed by atoms with van der Waals surface area (Å²) in [5.41, 5.74) is 0.752. The van der Waals surface area contributed by atoms with Crippen LogP contribution in [0.4, 0.5) is 4.79 Å². The van der Waals surface area contributed by atoms with Gasteiger partial charge in [0.1, 0.15) is 12.6 Å². The molecule has 0 heterocycles. The Kier molecular flexibility index (Phi) is 8.37. The normalized spacial score (nSPS) is 13.9. The van der Waals surface area contributed by atoms with E-state index in [0.717, 1.165) is 12.7 Å². The highest BCUT2D eigenvalue weighted by Crippen LogP contribution is 2.02. The minimum absolute atomic E-state index is 0.0117. The van der Waals surface area contributed by atoms with E-state index in [1.165, 1.54) is 6.92 Å². The Morgan fingerprint density at radius 3 is 2.32 bits per heavy atom. The highest BCUT2D eigenvalue weighted by atomic mass is 16.5. The van der Waals surface area contributed by atoms with E-state index in [9.17, 15) is 19.5 Å². The molecule has 0 radical (unpaired) electrons. The smallest absolute Gasteiger partial charge is 0.408 e. The number of hydrogen-bond acceptors (Lipinski definition) is 7. The Morgan fingerprint density at radius 1 is 1.16 bits per heavy atom. The van der Waals surface area contributed by atoms with Crippen molar-refractivity contribution in [3.8, 4) is 0 Å². The van der Waals surface area contributed by atoms with Crippen LogP contribution in [0, 0.1) is 0 Å². The maximum Gasteiger partial charge on any atom is 0.408 e. The summed E-state index contributed by atoms with van der Waals surface area (Å²) < 4.78 is 9.40. The van der Waals surface area contributed by atoms with E-state index in [4.69, 9.17) is 9.84 Å². The lowest BCUT2D eigenvalue weighted by Gasteiger charge is -2.22. The van der Waals surface area contributed by atoms with E-state index >= 15 is 0 Å². The van der Waals surface area contributed by atoms with Crippen molar-refractivity contribution in [3.63, 3.8) is 0 Å². The number of ether oxygens (including phenoxy) is 2. The number of rotatable bonds is 8. The molecule has 138 valence electrons. The van der Waals surface area contributed by atoms with Gasteiger partial charge in [-0.25, -0.2) is 9.59 Å². The Labute approximate surface area is 144 Å². The van der Waals surface area contributed by atoms with Gasteiger partial charge in [-0.15, -0.1) is 0 Å². The number of alkyl carbamates (subject to hydrolysis) is 1. The third kappa shape index (κ3) is 6.77. The van der Waals surface area contributed by atoms with Crippen LogP contribution in [-0.4, -0.2) is 60.1 Å². The van der Waals surface area contributed by atoms with Crippen molar-refractivity contribution in [1.29, 1.82) is 0 Å². The second-order valence-electron chi connectivity index (χ2n) is 5.19. The lowest BCUT2D eigenvalue weighted by Crippen LogP contribution is -2.56. The molecular formula is C16H22N2O7. The number of carbonyl (C=O) groups is 3. The Morgan fingerprint density at radius 2 is 1.80 bits per heavy atom. The molecule has 3 atom stereocenters. The van der Waals surface area contributed by atoms with Crippen LogP contribution in [0.3, 0.4) is 0 Å². The van der Waals surface area contributed by atoms with Crippen molar-refractivity contribution in [2.75, 3.05) is 13.7 Å². The van der Waals surface area contributed by atoms with E-state index in [2.05, 4.69) is 15.4 Å². The largest absolute Gasteiger partial charge is 0.467 e. The quantitative estimate of drug-likeness (QED) is 0.454. The number of amides is 2. The molecule has 0 bridgehead atoms. The molecule has 9 heteroatoms. The zero-order valence-electron chi connectivity index (χ0n) is 14.0. The third-order valence-electron chi connectivity index (χ3n) is 3.24. The molecule has 0 saturated heterocycles. The van der Waals surface area contributed by atoms with Gasteiger partial charge in [0.15, 0.2) is 6.04 Å². The van der Waals surface area contributed by atoms with Gasteiger partial charge in [0.25, 0.3) is 0 Å². The van der Waals surface area contributed by atoms with Crippen LogP contribution in [0.2, 0.25) is 0 Å². The lowest BCUT2D eigenvalue weighted by atomic mass is 10.1. The van der Waals surface area contributed by atoms with Crippen molar-refractivity contribution in [3.05, 3.63) is 35.9 Å². The van der Waals surface area contributed by atoms with Gasteiger partial charge in [0.2, 0.25) is 5.91 Å². The summed E-state index contributed by atoms with van der Waals surface area (Å²) in [4.78, 5) is 35.3. The van der Waals surface area contributed by atoms with Crippen molar-refractivity contribution >= 4 is 18.0 Å². The summed E-state index contributed by atoms with van der Waals surface area (Å²) in [5.74, 6) is -1.72. The molecule has 9 nitrogen and oxygen atoms in total. The number of methoxy groups -OCH3 is 1. The topological polar surface area (TPSA) is 134 Å². The van der Waals surface area contributed by atoms with Gasteiger partial charge in [-0.2, -0.15) is 0 Å². The molecule has 0 saturated carbocycles. The summed E-state index contributed by atoms with van der Waals surface area (Å²) >= 11 is 0. The van der Waals surface area contributed by atoms with Crippen LogP contribution < -0.4 is 10.6 Å². The standard InChI is InChI=1S/C16H22N2O7/c1-10(20)13(14(21)17-12(8-19)15(22)24-2)18-16(23)25-9-11-6-4-3-5-7-11/h3-7,10,12-13,19-20H,8-9H2,1-2H3,(H,17,21)(H,18,23)/t10-,12-,13+/m0/s1. The van der Waals surface area contributed by atoms with E-state index in [1.807, 2.05) is 6.07 Å². The third-order valence-corrected chi connectivity index (χ3v) is 3.24. The zero-order chi connectivity index (χ0) is 18.8. The first-order valence-electron chi connectivity index (χ1n) is 7.53. The van der Waals surface area contributed by atoms with E-state index in [0.29, 0.717) is 0 Å². The molecule has 0 unspecified atom stereocenters. The van der Waals surface area contributed by atoms with Gasteiger partial charge in [0.05, 0.1) is 19.8 Å². The monoisotopic (exact) mass is 354 g/mol. The molecule has 25 heavy (non-hydrogen) atoms. The number of aliphatic hydroxyl groups excluding tert-OH is 2. The van der Waals surface area contributed by atoms with Crippen LogP contribution in [-0.2, 0) is 25.7 Å². The first-order valence-corrected chi connectivity index (χ1v) is 7.53. The molecule has 0 aliphatic carbocycles. The van der Waals surface area contributed by atoms with Crippen molar-refractivity contribution in [1.82, 2.24) is 10.6 Å². The molecule has 4 N–H and O–H groups in total. The minimum Gasteiger partial charge on any atom is -0.467 e. The average molecular weight is 354 g/mol. The van der Waals surface area contributed by atoms with Crippen LogP contribution in [0.5, 0.6) is 0 Å².